The van der Waals surface area contributed by atoms with Crippen molar-refractivity contribution in [2.45, 2.75) is 46.6 Å². The molecular weight excluding hydrogens is 358 g/mol. The van der Waals surface area contributed by atoms with Crippen LogP contribution < -0.4 is 10.9 Å². The topological polar surface area (TPSA) is 64.0 Å². The predicted octanol–water partition coefficient (Wildman–Crippen LogP) is 3.84. The van der Waals surface area contributed by atoms with Gasteiger partial charge in [-0.15, -0.1) is 11.3 Å². The van der Waals surface area contributed by atoms with Crippen LogP contribution in [0.25, 0.3) is 10.2 Å². The van der Waals surface area contributed by atoms with Crippen molar-refractivity contribution in [1.82, 2.24) is 9.55 Å². The number of hydrogen-bond donors (Lipinski definition) is 1. The number of thiophene rings is 1. The SMILES string of the molecule is Cc1cccc(NC(=O)Cn2cnc3sc4c(c3c2=O)CC[C@@H](C)C4)c1C. The average Bonchev–Trinajstić information content (AvgIpc) is 2.99. The van der Waals surface area contributed by atoms with Crippen LogP contribution >= 0.6 is 11.3 Å². The number of nitrogens with zero attached hydrogens (tertiary/aromatic N) is 2. The first-order valence-electron chi connectivity index (χ1n) is 9.29. The van der Waals surface area contributed by atoms with Crippen LogP contribution in [0.2, 0.25) is 0 Å². The van der Waals surface area contributed by atoms with E-state index in [-0.39, 0.29) is 18.0 Å². The van der Waals surface area contributed by atoms with Gasteiger partial charge in [0, 0.05) is 10.6 Å². The maximum absolute atomic E-state index is 13.0. The molecule has 2 aromatic heterocycles. The molecule has 0 saturated carbocycles. The van der Waals surface area contributed by atoms with Gasteiger partial charge in [0.25, 0.3) is 5.56 Å². The summed E-state index contributed by atoms with van der Waals surface area (Å²) in [7, 11) is 0. The zero-order chi connectivity index (χ0) is 19.1. The molecule has 1 aliphatic carbocycles. The Labute approximate surface area is 162 Å². The third kappa shape index (κ3) is 3.30. The molecule has 0 bridgehead atoms. The van der Waals surface area contributed by atoms with E-state index in [1.807, 2.05) is 32.0 Å². The summed E-state index contributed by atoms with van der Waals surface area (Å²) in [5, 5.41) is 3.62. The minimum atomic E-state index is -0.218. The second-order valence-corrected chi connectivity index (χ2v) is 8.59. The number of carbonyl (C=O) groups is 1. The van der Waals surface area contributed by atoms with Crippen LogP contribution in [0.3, 0.4) is 0 Å². The van der Waals surface area contributed by atoms with Gasteiger partial charge in [0.05, 0.1) is 11.7 Å². The Morgan fingerprint density at radius 3 is 3.00 bits per heavy atom. The van der Waals surface area contributed by atoms with Gasteiger partial charge >= 0.3 is 0 Å². The summed E-state index contributed by atoms with van der Waals surface area (Å²) in [6.45, 7) is 6.20. The first kappa shape index (κ1) is 17.9. The highest BCUT2D eigenvalue weighted by atomic mass is 32.1. The Morgan fingerprint density at radius 2 is 2.19 bits per heavy atom. The van der Waals surface area contributed by atoms with Gasteiger partial charge in [0.1, 0.15) is 11.4 Å². The fraction of sp³-hybridized carbons (Fsp3) is 0.381. The van der Waals surface area contributed by atoms with Gasteiger partial charge < -0.3 is 5.32 Å². The zero-order valence-electron chi connectivity index (χ0n) is 15.8. The van der Waals surface area contributed by atoms with Crippen molar-refractivity contribution in [3.05, 3.63) is 56.4 Å². The molecule has 1 N–H and O–H groups in total. The number of nitrogens with one attached hydrogen (secondary N) is 1. The van der Waals surface area contributed by atoms with Crippen LogP contribution in [0, 0.1) is 19.8 Å². The molecule has 27 heavy (non-hydrogen) atoms. The number of fused-ring (bicyclic) bond motifs is 3. The fourth-order valence-electron chi connectivity index (χ4n) is 3.71. The van der Waals surface area contributed by atoms with Crippen molar-refractivity contribution in [3.63, 3.8) is 0 Å². The van der Waals surface area contributed by atoms with E-state index in [9.17, 15) is 9.59 Å². The van der Waals surface area contributed by atoms with Gasteiger partial charge in [-0.2, -0.15) is 0 Å². The van der Waals surface area contributed by atoms with E-state index in [0.717, 1.165) is 46.5 Å². The van der Waals surface area contributed by atoms with E-state index >= 15 is 0 Å². The molecular formula is C21H23N3O2S. The van der Waals surface area contributed by atoms with Gasteiger partial charge in [-0.05, 0) is 61.8 Å². The lowest BCUT2D eigenvalue weighted by molar-refractivity contribution is -0.116. The number of hydrogen-bond acceptors (Lipinski definition) is 4. The lowest BCUT2D eigenvalue weighted by atomic mass is 9.89. The number of aryl methyl sites for hydroxylation is 2. The first-order valence-corrected chi connectivity index (χ1v) is 10.1. The van der Waals surface area contributed by atoms with E-state index in [0.29, 0.717) is 11.3 Å². The lowest BCUT2D eigenvalue weighted by Gasteiger charge is -2.17. The molecule has 0 aliphatic heterocycles. The second kappa shape index (κ2) is 6.93. The normalized spacial score (nSPS) is 16.3. The molecule has 1 aliphatic rings. The Morgan fingerprint density at radius 1 is 1.37 bits per heavy atom. The molecule has 2 heterocycles. The molecule has 0 radical (unpaired) electrons. The Kier molecular flexibility index (Phi) is 4.60. The molecule has 0 unspecified atom stereocenters. The monoisotopic (exact) mass is 381 g/mol. The number of benzene rings is 1. The highest BCUT2D eigenvalue weighted by molar-refractivity contribution is 7.18. The van der Waals surface area contributed by atoms with Crippen molar-refractivity contribution >= 4 is 33.1 Å². The summed E-state index contributed by atoms with van der Waals surface area (Å²) >= 11 is 1.63. The van der Waals surface area contributed by atoms with Crippen molar-refractivity contribution < 1.29 is 4.79 Å². The second-order valence-electron chi connectivity index (χ2n) is 7.51. The van der Waals surface area contributed by atoms with Crippen LogP contribution in [0.4, 0.5) is 5.69 Å². The molecule has 0 fully saturated rings. The van der Waals surface area contributed by atoms with Crippen molar-refractivity contribution in [2.75, 3.05) is 5.32 Å². The summed E-state index contributed by atoms with van der Waals surface area (Å²) < 4.78 is 1.42. The summed E-state index contributed by atoms with van der Waals surface area (Å²) in [6, 6.07) is 5.80. The molecule has 1 amide bonds. The number of amides is 1. The largest absolute Gasteiger partial charge is 0.324 e. The highest BCUT2D eigenvalue weighted by Gasteiger charge is 2.23. The van der Waals surface area contributed by atoms with Crippen molar-refractivity contribution in [2.24, 2.45) is 5.92 Å². The maximum atomic E-state index is 13.0. The Bertz CT molecular complexity index is 1100. The molecule has 0 spiro atoms. The molecule has 140 valence electrons. The van der Waals surface area contributed by atoms with Crippen LogP contribution in [0.5, 0.6) is 0 Å². The summed E-state index contributed by atoms with van der Waals surface area (Å²) in [5.74, 6) is 0.431. The molecule has 4 rings (SSSR count). The minimum Gasteiger partial charge on any atom is -0.324 e. The molecule has 1 atom stereocenters. The van der Waals surface area contributed by atoms with E-state index in [2.05, 4.69) is 17.2 Å². The summed E-state index contributed by atoms with van der Waals surface area (Å²) in [6.07, 6.45) is 4.54. The summed E-state index contributed by atoms with van der Waals surface area (Å²) in [4.78, 5) is 32.1. The lowest BCUT2D eigenvalue weighted by Crippen LogP contribution is -2.28. The molecule has 1 aromatic carbocycles. The van der Waals surface area contributed by atoms with Crippen LogP contribution in [-0.2, 0) is 24.2 Å². The average molecular weight is 382 g/mol. The number of carbonyl (C=O) groups excluding carboxylic acids is 1. The van der Waals surface area contributed by atoms with Crippen LogP contribution in [-0.4, -0.2) is 15.5 Å². The quantitative estimate of drug-likeness (QED) is 0.750. The predicted molar refractivity (Wildman–Crippen MR) is 110 cm³/mol. The molecule has 6 heteroatoms. The number of anilines is 1. The maximum Gasteiger partial charge on any atom is 0.262 e. The molecule has 0 saturated heterocycles. The third-order valence-corrected chi connectivity index (χ3v) is 6.64. The number of aromatic nitrogens is 2. The van der Waals surface area contributed by atoms with Gasteiger partial charge in [-0.1, -0.05) is 19.1 Å². The third-order valence-electron chi connectivity index (χ3n) is 5.47. The van der Waals surface area contributed by atoms with Crippen molar-refractivity contribution in [3.8, 4) is 0 Å². The van der Waals surface area contributed by atoms with E-state index < -0.39 is 0 Å². The fourth-order valence-corrected chi connectivity index (χ4v) is 5.05. The van der Waals surface area contributed by atoms with E-state index in [1.165, 1.54) is 15.8 Å². The van der Waals surface area contributed by atoms with Gasteiger partial charge in [0.15, 0.2) is 0 Å². The first-order chi connectivity index (χ1) is 12.9. The van der Waals surface area contributed by atoms with Crippen LogP contribution in [0.15, 0.2) is 29.3 Å². The van der Waals surface area contributed by atoms with Gasteiger partial charge in [-0.25, -0.2) is 4.98 Å². The molecule has 3 aromatic rings. The number of rotatable bonds is 3. The standard InChI is InChI=1S/C21H23N3O2S/c1-12-7-8-15-17(9-12)27-20-19(15)21(26)24(11-22-20)10-18(25)23-16-6-4-5-13(2)14(16)3/h4-6,11-12H,7-10H2,1-3H3,(H,23,25)/t12-/m1/s1. The van der Waals surface area contributed by atoms with Gasteiger partial charge in [0.2, 0.25) is 5.91 Å². The van der Waals surface area contributed by atoms with Crippen molar-refractivity contribution in [1.29, 1.82) is 0 Å². The zero-order valence-corrected chi connectivity index (χ0v) is 16.7. The highest BCUT2D eigenvalue weighted by Crippen LogP contribution is 2.35. The minimum absolute atomic E-state index is 0.0316. The van der Waals surface area contributed by atoms with Crippen LogP contribution in [0.1, 0.15) is 34.9 Å². The smallest absolute Gasteiger partial charge is 0.262 e. The Balaban J connectivity index is 1.62. The summed E-state index contributed by atoms with van der Waals surface area (Å²) in [5.41, 5.74) is 3.97. The van der Waals surface area contributed by atoms with E-state index in [1.54, 1.807) is 11.3 Å². The van der Waals surface area contributed by atoms with Gasteiger partial charge in [-0.3, -0.25) is 14.2 Å². The molecule has 5 nitrogen and oxygen atoms in total. The van der Waals surface area contributed by atoms with E-state index in [4.69, 9.17) is 0 Å². The Hall–Kier alpha value is -2.47.